The molecule has 2 aliphatic carbocycles. The van der Waals surface area contributed by atoms with Gasteiger partial charge in [0.05, 0.1) is 12.5 Å². The Morgan fingerprint density at radius 2 is 1.90 bits per heavy atom. The zero-order valence-corrected chi connectivity index (χ0v) is 12.7. The van der Waals surface area contributed by atoms with E-state index in [2.05, 4.69) is 5.32 Å². The van der Waals surface area contributed by atoms with Gasteiger partial charge in [-0.1, -0.05) is 13.8 Å². The summed E-state index contributed by atoms with van der Waals surface area (Å²) in [4.78, 5) is 26.1. The molecule has 1 unspecified atom stereocenters. The van der Waals surface area contributed by atoms with E-state index in [-0.39, 0.29) is 23.9 Å². The third kappa shape index (κ3) is 2.39. The average molecular weight is 278 g/mol. The zero-order valence-electron chi connectivity index (χ0n) is 12.7. The number of rotatable bonds is 7. The van der Waals surface area contributed by atoms with Crippen LogP contribution >= 0.6 is 0 Å². The molecule has 3 aliphatic rings. The van der Waals surface area contributed by atoms with E-state index in [9.17, 15) is 9.59 Å². The van der Waals surface area contributed by atoms with Crippen LogP contribution in [0.2, 0.25) is 0 Å². The first-order valence-electron chi connectivity index (χ1n) is 8.20. The smallest absolute Gasteiger partial charge is 0.247 e. The molecule has 1 saturated heterocycles. The van der Waals surface area contributed by atoms with Gasteiger partial charge in [-0.25, -0.2) is 0 Å². The quantitative estimate of drug-likeness (QED) is 0.725. The van der Waals surface area contributed by atoms with E-state index < -0.39 is 0 Å². The van der Waals surface area contributed by atoms with Crippen LogP contribution in [0, 0.1) is 11.3 Å². The fourth-order valence-corrected chi connectivity index (χ4v) is 3.76. The lowest BCUT2D eigenvalue weighted by molar-refractivity contribution is -0.141. The molecule has 20 heavy (non-hydrogen) atoms. The van der Waals surface area contributed by atoms with Crippen LogP contribution in [0.25, 0.3) is 0 Å². The van der Waals surface area contributed by atoms with Crippen molar-refractivity contribution in [2.45, 2.75) is 70.9 Å². The summed E-state index contributed by atoms with van der Waals surface area (Å²) in [5, 5.41) is 3.41. The Morgan fingerprint density at radius 3 is 2.40 bits per heavy atom. The van der Waals surface area contributed by atoms with E-state index in [1.165, 1.54) is 30.6 Å². The standard InChI is InChI=1S/C16H26N2O2/c1-3-12(4-2)18-14(19)9-13(15(18)20)17-10-16(7-8-16)11-5-6-11/h11-13,17H,3-10H2,1-2H3. The third-order valence-corrected chi connectivity index (χ3v) is 5.53. The summed E-state index contributed by atoms with van der Waals surface area (Å²) < 4.78 is 0. The fraction of sp³-hybridized carbons (Fsp3) is 0.875. The van der Waals surface area contributed by atoms with Crippen LogP contribution in [0.1, 0.15) is 58.8 Å². The summed E-state index contributed by atoms with van der Waals surface area (Å²) in [6.45, 7) is 5.02. The molecule has 1 aliphatic heterocycles. The van der Waals surface area contributed by atoms with Gasteiger partial charge >= 0.3 is 0 Å². The summed E-state index contributed by atoms with van der Waals surface area (Å²) in [6, 6.07) is -0.181. The normalized spacial score (nSPS) is 28.6. The highest BCUT2D eigenvalue weighted by Gasteiger charge is 2.54. The number of amides is 2. The lowest BCUT2D eigenvalue weighted by Crippen LogP contribution is -2.44. The molecule has 112 valence electrons. The Morgan fingerprint density at radius 1 is 1.25 bits per heavy atom. The highest BCUT2D eigenvalue weighted by Crippen LogP contribution is 2.60. The monoisotopic (exact) mass is 278 g/mol. The molecule has 1 atom stereocenters. The molecule has 4 heteroatoms. The fourth-order valence-electron chi connectivity index (χ4n) is 3.76. The average Bonchev–Trinajstić information content (AvgIpc) is 3.32. The largest absolute Gasteiger partial charge is 0.305 e. The Kier molecular flexibility index (Phi) is 3.61. The van der Waals surface area contributed by atoms with Gasteiger partial charge in [-0.05, 0) is 49.9 Å². The number of nitrogens with one attached hydrogen (secondary N) is 1. The number of nitrogens with zero attached hydrogens (tertiary/aromatic N) is 1. The SMILES string of the molecule is CCC(CC)N1C(=O)CC(NCC2(C3CC3)CC2)C1=O. The topological polar surface area (TPSA) is 49.4 Å². The second-order valence-electron chi connectivity index (χ2n) is 6.85. The number of hydrogen-bond acceptors (Lipinski definition) is 3. The van der Waals surface area contributed by atoms with Crippen LogP contribution in [0.3, 0.4) is 0 Å². The van der Waals surface area contributed by atoms with Crippen molar-refractivity contribution < 1.29 is 9.59 Å². The zero-order chi connectivity index (χ0) is 14.3. The van der Waals surface area contributed by atoms with Crippen molar-refractivity contribution in [3.8, 4) is 0 Å². The van der Waals surface area contributed by atoms with Gasteiger partial charge in [0.2, 0.25) is 11.8 Å². The van der Waals surface area contributed by atoms with Crippen molar-refractivity contribution in [3.05, 3.63) is 0 Å². The number of carbonyl (C=O) groups is 2. The first-order chi connectivity index (χ1) is 9.61. The van der Waals surface area contributed by atoms with Crippen molar-refractivity contribution in [1.29, 1.82) is 0 Å². The minimum absolute atomic E-state index is 0.00953. The van der Waals surface area contributed by atoms with Gasteiger partial charge in [0.25, 0.3) is 0 Å². The van der Waals surface area contributed by atoms with Gasteiger partial charge in [-0.15, -0.1) is 0 Å². The number of hydrogen-bond donors (Lipinski definition) is 1. The molecule has 3 fully saturated rings. The summed E-state index contributed by atoms with van der Waals surface area (Å²) in [5.74, 6) is 0.908. The third-order valence-electron chi connectivity index (χ3n) is 5.53. The summed E-state index contributed by atoms with van der Waals surface area (Å²) >= 11 is 0. The highest BCUT2D eigenvalue weighted by atomic mass is 16.2. The van der Waals surface area contributed by atoms with Crippen LogP contribution in [0.15, 0.2) is 0 Å². The minimum Gasteiger partial charge on any atom is -0.305 e. The van der Waals surface area contributed by atoms with Crippen molar-refractivity contribution in [3.63, 3.8) is 0 Å². The summed E-state index contributed by atoms with van der Waals surface area (Å²) in [7, 11) is 0. The van der Waals surface area contributed by atoms with E-state index in [4.69, 9.17) is 0 Å². The van der Waals surface area contributed by atoms with Crippen LogP contribution in [-0.2, 0) is 9.59 Å². The summed E-state index contributed by atoms with van der Waals surface area (Å²) in [6.07, 6.45) is 7.39. The van der Waals surface area contributed by atoms with E-state index in [0.29, 0.717) is 11.8 Å². The lowest BCUT2D eigenvalue weighted by atomic mass is 10.0. The molecule has 0 spiro atoms. The van der Waals surface area contributed by atoms with Gasteiger partial charge in [0.15, 0.2) is 0 Å². The van der Waals surface area contributed by atoms with Crippen LogP contribution in [0.5, 0.6) is 0 Å². The molecule has 3 rings (SSSR count). The maximum atomic E-state index is 12.4. The molecule has 0 aromatic heterocycles. The van der Waals surface area contributed by atoms with E-state index >= 15 is 0 Å². The van der Waals surface area contributed by atoms with Gasteiger partial charge in [0.1, 0.15) is 0 Å². The van der Waals surface area contributed by atoms with Gasteiger partial charge < -0.3 is 5.32 Å². The Balaban J connectivity index is 1.58. The first-order valence-corrected chi connectivity index (χ1v) is 8.20. The second kappa shape index (κ2) is 5.14. The van der Waals surface area contributed by atoms with Crippen molar-refractivity contribution in [2.75, 3.05) is 6.54 Å². The van der Waals surface area contributed by atoms with E-state index in [0.717, 1.165) is 25.3 Å². The number of carbonyl (C=O) groups excluding carboxylic acids is 2. The second-order valence-corrected chi connectivity index (χ2v) is 6.85. The lowest BCUT2D eigenvalue weighted by Gasteiger charge is -2.24. The van der Waals surface area contributed by atoms with E-state index in [1.807, 2.05) is 13.8 Å². The molecule has 2 amide bonds. The molecule has 4 nitrogen and oxygen atoms in total. The maximum Gasteiger partial charge on any atom is 0.247 e. The minimum atomic E-state index is -0.265. The Labute approximate surface area is 121 Å². The maximum absolute atomic E-state index is 12.4. The number of imide groups is 1. The Bertz CT molecular complexity index is 409. The molecule has 0 bridgehead atoms. The first kappa shape index (κ1) is 14.1. The predicted octanol–water partition coefficient (Wildman–Crippen LogP) is 2.08. The molecular formula is C16H26N2O2. The van der Waals surface area contributed by atoms with Crippen LogP contribution < -0.4 is 5.32 Å². The van der Waals surface area contributed by atoms with Crippen LogP contribution in [-0.4, -0.2) is 35.3 Å². The molecule has 1 heterocycles. The molecule has 0 aromatic carbocycles. The van der Waals surface area contributed by atoms with Crippen molar-refractivity contribution >= 4 is 11.8 Å². The van der Waals surface area contributed by atoms with E-state index in [1.54, 1.807) is 0 Å². The van der Waals surface area contributed by atoms with Crippen LogP contribution in [0.4, 0.5) is 0 Å². The van der Waals surface area contributed by atoms with Gasteiger partial charge in [-0.3, -0.25) is 14.5 Å². The van der Waals surface area contributed by atoms with Crippen molar-refractivity contribution in [1.82, 2.24) is 10.2 Å². The predicted molar refractivity (Wildman–Crippen MR) is 77.0 cm³/mol. The molecular weight excluding hydrogens is 252 g/mol. The molecule has 2 saturated carbocycles. The molecule has 0 aromatic rings. The van der Waals surface area contributed by atoms with Gasteiger partial charge in [0, 0.05) is 12.6 Å². The van der Waals surface area contributed by atoms with Crippen molar-refractivity contribution in [2.24, 2.45) is 11.3 Å². The van der Waals surface area contributed by atoms with Gasteiger partial charge in [-0.2, -0.15) is 0 Å². The molecule has 1 N–H and O–H groups in total. The summed E-state index contributed by atoms with van der Waals surface area (Å²) in [5.41, 5.74) is 0.478. The molecule has 0 radical (unpaired) electrons. The number of likely N-dealkylation sites (tertiary alicyclic amines) is 1. The highest BCUT2D eigenvalue weighted by molar-refractivity contribution is 6.05. The Hall–Kier alpha value is -0.900.